The molecule has 1 saturated heterocycles. The molecule has 3 nitrogen and oxygen atoms in total. The van der Waals surface area contributed by atoms with E-state index in [0.29, 0.717) is 6.10 Å². The van der Waals surface area contributed by atoms with Crippen LogP contribution in [0.15, 0.2) is 0 Å². The number of hydrogen-bond donors (Lipinski definition) is 0. The quantitative estimate of drug-likeness (QED) is 0.162. The molecule has 1 aliphatic rings. The molecule has 166 valence electrons. The molecule has 0 saturated carbocycles. The van der Waals surface area contributed by atoms with E-state index in [0.717, 1.165) is 26.1 Å². The number of hydrogen-bond acceptors (Lipinski definition) is 2. The normalized spacial score (nSPS) is 15.9. The first-order valence-corrected chi connectivity index (χ1v) is 12.6. The molecule has 1 amide bonds. The predicted molar refractivity (Wildman–Crippen MR) is 121 cm³/mol. The maximum Gasteiger partial charge on any atom is 0.225 e. The molecule has 0 aromatic heterocycles. The summed E-state index contributed by atoms with van der Waals surface area (Å²) in [5.41, 5.74) is 0. The molecule has 1 aliphatic heterocycles. The lowest BCUT2D eigenvalue weighted by atomic mass is 10.0. The van der Waals surface area contributed by atoms with Gasteiger partial charge in [-0.15, -0.1) is 0 Å². The van der Waals surface area contributed by atoms with Crippen LogP contribution in [-0.2, 0) is 9.53 Å². The molecule has 0 aromatic carbocycles. The van der Waals surface area contributed by atoms with E-state index in [1.807, 2.05) is 18.7 Å². The maximum atomic E-state index is 12.3. The van der Waals surface area contributed by atoms with Crippen molar-refractivity contribution in [3.05, 3.63) is 0 Å². The van der Waals surface area contributed by atoms with Gasteiger partial charge in [0.1, 0.15) is 0 Å². The van der Waals surface area contributed by atoms with E-state index in [4.69, 9.17) is 4.74 Å². The fourth-order valence-electron chi connectivity index (χ4n) is 3.93. The molecular formula is C25H49NO2. The molecule has 0 N–H and O–H groups in total. The molecule has 3 heteroatoms. The Morgan fingerprint density at radius 3 is 1.54 bits per heavy atom. The number of ether oxygens (including phenoxy) is 1. The highest BCUT2D eigenvalue weighted by Crippen LogP contribution is 2.16. The monoisotopic (exact) mass is 395 g/mol. The van der Waals surface area contributed by atoms with Gasteiger partial charge < -0.3 is 9.64 Å². The van der Waals surface area contributed by atoms with Gasteiger partial charge in [0, 0.05) is 19.0 Å². The van der Waals surface area contributed by atoms with Crippen LogP contribution in [0.5, 0.6) is 0 Å². The standard InChI is InChI=1S/C25H49NO2/c1-4-5-6-7-8-9-10-11-12-13-14-15-16-17-18-19-20-26(21-24-22-28-24)25(27)23(2)3/h23-24H,4-22H2,1-3H3. The van der Waals surface area contributed by atoms with Crippen molar-refractivity contribution in [1.29, 1.82) is 0 Å². The number of carbonyl (C=O) groups is 1. The largest absolute Gasteiger partial charge is 0.371 e. The summed E-state index contributed by atoms with van der Waals surface area (Å²) in [5, 5.41) is 0. The number of carbonyl (C=O) groups excluding carboxylic acids is 1. The van der Waals surface area contributed by atoms with Crippen LogP contribution in [0.4, 0.5) is 0 Å². The van der Waals surface area contributed by atoms with Gasteiger partial charge >= 0.3 is 0 Å². The summed E-state index contributed by atoms with van der Waals surface area (Å²) in [6.07, 6.45) is 22.5. The molecule has 0 bridgehead atoms. The Kier molecular flexibility index (Phi) is 15.7. The van der Waals surface area contributed by atoms with Gasteiger partial charge in [-0.3, -0.25) is 4.79 Å². The molecule has 1 atom stereocenters. The van der Waals surface area contributed by atoms with E-state index in [1.54, 1.807) is 0 Å². The molecule has 0 aliphatic carbocycles. The molecule has 1 rings (SSSR count). The van der Waals surface area contributed by atoms with E-state index in [2.05, 4.69) is 6.92 Å². The van der Waals surface area contributed by atoms with Crippen molar-refractivity contribution in [3.8, 4) is 0 Å². The third kappa shape index (κ3) is 14.4. The first kappa shape index (κ1) is 25.5. The Morgan fingerprint density at radius 1 is 0.786 bits per heavy atom. The minimum Gasteiger partial charge on any atom is -0.371 e. The van der Waals surface area contributed by atoms with Gasteiger partial charge in [-0.25, -0.2) is 0 Å². The maximum absolute atomic E-state index is 12.3. The highest BCUT2D eigenvalue weighted by Gasteiger charge is 2.28. The zero-order chi connectivity index (χ0) is 20.5. The van der Waals surface area contributed by atoms with Crippen LogP contribution in [0.1, 0.15) is 124 Å². The van der Waals surface area contributed by atoms with Crippen molar-refractivity contribution in [1.82, 2.24) is 4.90 Å². The second-order valence-corrected chi connectivity index (χ2v) is 9.20. The molecule has 1 fully saturated rings. The summed E-state index contributed by atoms with van der Waals surface area (Å²) in [6, 6.07) is 0. The van der Waals surface area contributed by atoms with Crippen LogP contribution >= 0.6 is 0 Å². The van der Waals surface area contributed by atoms with E-state index in [-0.39, 0.29) is 11.8 Å². The van der Waals surface area contributed by atoms with Crippen molar-refractivity contribution in [2.24, 2.45) is 5.92 Å². The van der Waals surface area contributed by atoms with Crippen molar-refractivity contribution in [2.45, 2.75) is 130 Å². The van der Waals surface area contributed by atoms with Gasteiger partial charge in [0.15, 0.2) is 0 Å². The average Bonchev–Trinajstić information content (AvgIpc) is 3.50. The summed E-state index contributed by atoms with van der Waals surface area (Å²) >= 11 is 0. The minimum atomic E-state index is 0.0970. The molecule has 28 heavy (non-hydrogen) atoms. The number of unbranched alkanes of at least 4 members (excludes halogenated alkanes) is 15. The SMILES string of the molecule is CCCCCCCCCCCCCCCCCCN(CC1CO1)C(=O)C(C)C. The van der Waals surface area contributed by atoms with Gasteiger partial charge in [0.05, 0.1) is 12.7 Å². The smallest absolute Gasteiger partial charge is 0.225 e. The summed E-state index contributed by atoms with van der Waals surface area (Å²) in [4.78, 5) is 14.3. The number of epoxide rings is 1. The van der Waals surface area contributed by atoms with Crippen molar-refractivity contribution >= 4 is 5.91 Å². The van der Waals surface area contributed by atoms with Gasteiger partial charge in [-0.2, -0.15) is 0 Å². The number of nitrogens with zero attached hydrogens (tertiary/aromatic N) is 1. The van der Waals surface area contributed by atoms with Crippen molar-refractivity contribution in [2.75, 3.05) is 19.7 Å². The second kappa shape index (κ2) is 17.3. The predicted octanol–water partition coefficient (Wildman–Crippen LogP) is 7.13. The average molecular weight is 396 g/mol. The van der Waals surface area contributed by atoms with E-state index >= 15 is 0 Å². The topological polar surface area (TPSA) is 32.8 Å². The molecular weight excluding hydrogens is 346 g/mol. The highest BCUT2D eigenvalue weighted by molar-refractivity contribution is 5.78. The Bertz CT molecular complexity index is 366. The zero-order valence-electron chi connectivity index (χ0n) is 19.4. The fourth-order valence-corrected chi connectivity index (χ4v) is 3.93. The third-order valence-corrected chi connectivity index (χ3v) is 5.91. The van der Waals surface area contributed by atoms with E-state index in [1.165, 1.54) is 96.3 Å². The summed E-state index contributed by atoms with van der Waals surface area (Å²) in [7, 11) is 0. The van der Waals surface area contributed by atoms with E-state index in [9.17, 15) is 4.79 Å². The fraction of sp³-hybridized carbons (Fsp3) is 0.960. The number of rotatable bonds is 20. The summed E-state index contributed by atoms with van der Waals surface area (Å²) in [5.74, 6) is 0.385. The molecule has 0 aromatic rings. The Morgan fingerprint density at radius 2 is 1.18 bits per heavy atom. The lowest BCUT2D eigenvalue weighted by Crippen LogP contribution is -2.37. The van der Waals surface area contributed by atoms with Crippen molar-refractivity contribution in [3.63, 3.8) is 0 Å². The summed E-state index contributed by atoms with van der Waals surface area (Å²) < 4.78 is 5.31. The van der Waals surface area contributed by atoms with Crippen LogP contribution in [0, 0.1) is 5.92 Å². The Labute approximate surface area is 176 Å². The molecule has 1 unspecified atom stereocenters. The lowest BCUT2D eigenvalue weighted by molar-refractivity contribution is -0.134. The number of amides is 1. The Hall–Kier alpha value is -0.570. The van der Waals surface area contributed by atoms with E-state index < -0.39 is 0 Å². The molecule has 1 heterocycles. The summed E-state index contributed by atoms with van der Waals surface area (Å²) in [6.45, 7) is 8.83. The van der Waals surface area contributed by atoms with Crippen LogP contribution in [0.2, 0.25) is 0 Å². The molecule has 0 spiro atoms. The van der Waals surface area contributed by atoms with Gasteiger partial charge in [-0.1, -0.05) is 117 Å². The third-order valence-electron chi connectivity index (χ3n) is 5.91. The first-order valence-electron chi connectivity index (χ1n) is 12.6. The van der Waals surface area contributed by atoms with Crippen LogP contribution in [0.3, 0.4) is 0 Å². The zero-order valence-corrected chi connectivity index (χ0v) is 19.4. The van der Waals surface area contributed by atoms with Gasteiger partial charge in [0.2, 0.25) is 5.91 Å². The molecule has 0 radical (unpaired) electrons. The van der Waals surface area contributed by atoms with Crippen LogP contribution < -0.4 is 0 Å². The second-order valence-electron chi connectivity index (χ2n) is 9.20. The van der Waals surface area contributed by atoms with Crippen molar-refractivity contribution < 1.29 is 9.53 Å². The lowest BCUT2D eigenvalue weighted by Gasteiger charge is -2.23. The van der Waals surface area contributed by atoms with Crippen LogP contribution in [0.25, 0.3) is 0 Å². The van der Waals surface area contributed by atoms with Gasteiger partial charge in [-0.05, 0) is 6.42 Å². The van der Waals surface area contributed by atoms with Gasteiger partial charge in [0.25, 0.3) is 0 Å². The first-order chi connectivity index (χ1) is 13.6. The highest BCUT2D eigenvalue weighted by atomic mass is 16.6. The Balaban J connectivity index is 1.83. The van der Waals surface area contributed by atoms with Crippen LogP contribution in [-0.4, -0.2) is 36.6 Å². The minimum absolute atomic E-state index is 0.0970.